The molecule has 0 aromatic heterocycles. The highest BCUT2D eigenvalue weighted by atomic mass is 35.5. The van der Waals surface area contributed by atoms with Crippen molar-refractivity contribution in [2.45, 2.75) is 6.18 Å². The number of hydrogen-bond donors (Lipinski definition) is 0. The molecule has 0 spiro atoms. The second-order valence-electron chi connectivity index (χ2n) is 3.85. The number of nitriles is 1. The highest BCUT2D eigenvalue weighted by Gasteiger charge is 2.32. The summed E-state index contributed by atoms with van der Waals surface area (Å²) in [5.74, 6) is 1.87. The maximum absolute atomic E-state index is 12.1. The average molecular weight is 298 g/mol. The lowest BCUT2D eigenvalue weighted by Crippen LogP contribution is -2.06. The van der Waals surface area contributed by atoms with Crippen molar-refractivity contribution in [2.75, 3.05) is 0 Å². The molecule has 0 bridgehead atoms. The summed E-state index contributed by atoms with van der Waals surface area (Å²) in [5.41, 5.74) is -1.22. The Hall–Kier alpha value is -2.19. The van der Waals surface area contributed by atoms with Crippen molar-refractivity contribution in [2.24, 2.45) is 0 Å². The molecule has 1 heterocycles. The third-order valence-electron chi connectivity index (χ3n) is 2.44. The number of hydrogen-bond acceptors (Lipinski definition) is 2. The number of nitrogens with zero attached hydrogens (tertiary/aromatic N) is 1. The standard InChI is InChI=1S/C8H4F3N.C6H3ClO/c9-8(10,11)7-4-2-1-3-6(7)5-12;7-4-1-2-5-6(3-4)8-5/h1-4H;1-3H. The molecule has 0 radical (unpaired) electrons. The molecule has 0 saturated heterocycles. The molecule has 3 rings (SSSR count). The molecular weight excluding hydrogens is 291 g/mol. The van der Waals surface area contributed by atoms with E-state index in [9.17, 15) is 13.2 Å². The van der Waals surface area contributed by atoms with Gasteiger partial charge in [0.05, 0.1) is 17.2 Å². The minimum atomic E-state index is -4.44. The average Bonchev–Trinajstić information content (AvgIpc) is 3.16. The maximum Gasteiger partial charge on any atom is 0.417 e. The molecular formula is C14H7ClF3NO. The summed E-state index contributed by atoms with van der Waals surface area (Å²) in [6.45, 7) is 0. The predicted octanol–water partition coefficient (Wildman–Crippen LogP) is 5.02. The van der Waals surface area contributed by atoms with Crippen LogP contribution in [0.3, 0.4) is 0 Å². The molecule has 20 heavy (non-hydrogen) atoms. The molecule has 1 aliphatic heterocycles. The number of ether oxygens (including phenoxy) is 1. The number of halogens is 4. The second-order valence-corrected chi connectivity index (χ2v) is 4.28. The fraction of sp³-hybridized carbons (Fsp3) is 0.0714. The number of rotatable bonds is 0. The van der Waals surface area contributed by atoms with E-state index in [1.165, 1.54) is 18.2 Å². The van der Waals surface area contributed by atoms with Crippen LogP contribution in [-0.4, -0.2) is 0 Å². The molecule has 0 N–H and O–H groups in total. The summed E-state index contributed by atoms with van der Waals surface area (Å²) in [6, 6.07) is 11.6. The van der Waals surface area contributed by atoms with Crippen molar-refractivity contribution >= 4 is 11.6 Å². The van der Waals surface area contributed by atoms with Crippen LogP contribution in [0.15, 0.2) is 42.5 Å². The Morgan fingerprint density at radius 3 is 2.25 bits per heavy atom. The molecule has 0 aliphatic carbocycles. The van der Waals surface area contributed by atoms with Gasteiger partial charge in [0.1, 0.15) is 0 Å². The van der Waals surface area contributed by atoms with Gasteiger partial charge < -0.3 is 4.74 Å². The smallest absolute Gasteiger partial charge is 0.417 e. The number of benzene rings is 2. The number of alkyl halides is 3. The molecule has 0 unspecified atom stereocenters. The first-order valence-corrected chi connectivity index (χ1v) is 5.83. The van der Waals surface area contributed by atoms with Crippen LogP contribution in [-0.2, 0) is 6.18 Å². The Bertz CT molecular complexity index is 676. The van der Waals surface area contributed by atoms with Gasteiger partial charge in [0.25, 0.3) is 0 Å². The molecule has 2 aromatic rings. The minimum absolute atomic E-state index is 0.343. The monoisotopic (exact) mass is 297 g/mol. The van der Waals surface area contributed by atoms with Gasteiger partial charge in [-0.1, -0.05) is 23.7 Å². The lowest BCUT2D eigenvalue weighted by molar-refractivity contribution is -0.137. The minimum Gasteiger partial charge on any atom is -0.449 e. The van der Waals surface area contributed by atoms with Crippen LogP contribution in [0.5, 0.6) is 11.5 Å². The van der Waals surface area contributed by atoms with E-state index in [1.54, 1.807) is 6.07 Å². The van der Waals surface area contributed by atoms with Gasteiger partial charge in [-0.3, -0.25) is 0 Å². The highest BCUT2D eigenvalue weighted by Crippen LogP contribution is 2.45. The van der Waals surface area contributed by atoms with Crippen LogP contribution < -0.4 is 4.74 Å². The van der Waals surface area contributed by atoms with Crippen molar-refractivity contribution in [3.63, 3.8) is 0 Å². The van der Waals surface area contributed by atoms with Gasteiger partial charge in [-0.15, -0.1) is 0 Å². The van der Waals surface area contributed by atoms with E-state index in [0.29, 0.717) is 0 Å². The summed E-state index contributed by atoms with van der Waals surface area (Å²) >= 11 is 5.60. The van der Waals surface area contributed by atoms with E-state index < -0.39 is 11.7 Å². The Kier molecular flexibility index (Phi) is 3.86. The Morgan fingerprint density at radius 2 is 1.75 bits per heavy atom. The van der Waals surface area contributed by atoms with Gasteiger partial charge in [0, 0.05) is 11.1 Å². The normalized spacial score (nSPS) is 11.3. The molecule has 6 heteroatoms. The van der Waals surface area contributed by atoms with Crippen molar-refractivity contribution in [3.8, 4) is 17.6 Å². The third-order valence-corrected chi connectivity index (χ3v) is 2.67. The third kappa shape index (κ3) is 3.43. The summed E-state index contributed by atoms with van der Waals surface area (Å²) in [6.07, 6.45) is -4.44. The van der Waals surface area contributed by atoms with Gasteiger partial charge >= 0.3 is 6.18 Å². The van der Waals surface area contributed by atoms with Gasteiger partial charge in [-0.05, 0) is 24.3 Å². The van der Waals surface area contributed by atoms with Gasteiger partial charge in [0.2, 0.25) is 0 Å². The lowest BCUT2D eigenvalue weighted by Gasteiger charge is -2.06. The van der Waals surface area contributed by atoms with Gasteiger partial charge in [0.15, 0.2) is 11.5 Å². The van der Waals surface area contributed by atoms with Crippen LogP contribution in [0.1, 0.15) is 11.1 Å². The van der Waals surface area contributed by atoms with Crippen LogP contribution >= 0.6 is 11.6 Å². The molecule has 0 fully saturated rings. The zero-order chi connectivity index (χ0) is 14.8. The summed E-state index contributed by atoms with van der Waals surface area (Å²) in [4.78, 5) is 0. The molecule has 1 aliphatic rings. The van der Waals surface area contributed by atoms with Crippen molar-refractivity contribution in [1.29, 1.82) is 5.26 Å². The van der Waals surface area contributed by atoms with E-state index in [-0.39, 0.29) is 5.56 Å². The van der Waals surface area contributed by atoms with Crippen molar-refractivity contribution < 1.29 is 17.9 Å². The molecule has 0 saturated carbocycles. The zero-order valence-electron chi connectivity index (χ0n) is 9.91. The van der Waals surface area contributed by atoms with E-state index in [4.69, 9.17) is 21.6 Å². The Morgan fingerprint density at radius 1 is 1.05 bits per heavy atom. The first-order valence-electron chi connectivity index (χ1n) is 5.45. The first kappa shape index (κ1) is 14.2. The Balaban J connectivity index is 0.000000157. The lowest BCUT2D eigenvalue weighted by atomic mass is 10.1. The van der Waals surface area contributed by atoms with Crippen LogP contribution in [0.4, 0.5) is 13.2 Å². The Labute approximate surface area is 118 Å². The van der Waals surface area contributed by atoms with Crippen LogP contribution in [0.2, 0.25) is 5.02 Å². The summed E-state index contributed by atoms with van der Waals surface area (Å²) in [5, 5.41) is 9.07. The fourth-order valence-electron chi connectivity index (χ4n) is 1.47. The van der Waals surface area contributed by atoms with Crippen LogP contribution in [0, 0.1) is 11.3 Å². The quantitative estimate of drug-likeness (QED) is 0.546. The zero-order valence-corrected chi connectivity index (χ0v) is 10.7. The molecule has 2 nitrogen and oxygen atoms in total. The van der Waals surface area contributed by atoms with E-state index in [0.717, 1.165) is 28.7 Å². The molecule has 2 aromatic carbocycles. The van der Waals surface area contributed by atoms with Crippen LogP contribution in [0.25, 0.3) is 0 Å². The van der Waals surface area contributed by atoms with Gasteiger partial charge in [-0.25, -0.2) is 0 Å². The van der Waals surface area contributed by atoms with E-state index in [2.05, 4.69) is 0 Å². The largest absolute Gasteiger partial charge is 0.449 e. The second kappa shape index (κ2) is 5.43. The molecule has 0 amide bonds. The maximum atomic E-state index is 12.1. The fourth-order valence-corrected chi connectivity index (χ4v) is 1.63. The number of fused-ring (bicyclic) bond motifs is 1. The molecule has 0 atom stereocenters. The SMILES string of the molecule is Clc1ccc2c(c1)O2.N#Cc1ccccc1C(F)(F)F. The van der Waals surface area contributed by atoms with Gasteiger partial charge in [-0.2, -0.15) is 18.4 Å². The highest BCUT2D eigenvalue weighted by molar-refractivity contribution is 6.30. The predicted molar refractivity (Wildman–Crippen MR) is 67.7 cm³/mol. The summed E-state index contributed by atoms with van der Waals surface area (Å²) in [7, 11) is 0. The topological polar surface area (TPSA) is 36.3 Å². The molecule has 102 valence electrons. The van der Waals surface area contributed by atoms with E-state index in [1.807, 2.05) is 12.1 Å². The first-order chi connectivity index (χ1) is 9.41. The van der Waals surface area contributed by atoms with Crippen molar-refractivity contribution in [1.82, 2.24) is 0 Å². The van der Waals surface area contributed by atoms with Crippen molar-refractivity contribution in [3.05, 3.63) is 58.6 Å². The van der Waals surface area contributed by atoms with E-state index >= 15 is 0 Å². The summed E-state index contributed by atoms with van der Waals surface area (Å²) < 4.78 is 41.2.